The normalized spacial score (nSPS) is 11.3. The van der Waals surface area contributed by atoms with Crippen molar-refractivity contribution in [3.8, 4) is 0 Å². The third-order valence-electron chi connectivity index (χ3n) is 6.23. The monoisotopic (exact) mass is 438 g/mol. The number of carbonyl (C=O) groups is 2. The second kappa shape index (κ2) is 21.9. The zero-order chi connectivity index (χ0) is 21.8. The van der Waals surface area contributed by atoms with Crippen molar-refractivity contribution in [2.24, 2.45) is 5.41 Å². The van der Waals surface area contributed by atoms with E-state index in [-0.39, 0.29) is 38.7 Å². The fourth-order valence-corrected chi connectivity index (χ4v) is 4.12. The first kappa shape index (κ1) is 31.9. The summed E-state index contributed by atoms with van der Waals surface area (Å²) >= 11 is 0. The van der Waals surface area contributed by atoms with Crippen LogP contribution in [-0.4, -0.2) is 45.2 Å². The molecular weight excluding hydrogens is 389 g/mol. The second-order valence-corrected chi connectivity index (χ2v) is 8.85. The molecule has 0 rings (SSSR count). The van der Waals surface area contributed by atoms with Crippen molar-refractivity contribution >= 4 is 35.0 Å². The molecule has 0 atom stereocenters. The third-order valence-corrected chi connectivity index (χ3v) is 6.23. The molecule has 0 aliphatic heterocycles. The van der Waals surface area contributed by atoms with Gasteiger partial charge in [-0.05, 0) is 12.8 Å². The predicted molar refractivity (Wildman–Crippen MR) is 129 cm³/mol. The molecule has 0 amide bonds. The van der Waals surface area contributed by atoms with Crippen molar-refractivity contribution in [1.29, 1.82) is 0 Å². The minimum Gasteiger partial charge on any atom is -1.00 e. The Bertz CT molecular complexity index is 409. The molecular formula is C25H50MgO4. The van der Waals surface area contributed by atoms with Crippen molar-refractivity contribution in [3.05, 3.63) is 0 Å². The molecule has 0 unspecified atom stereocenters. The molecule has 0 aromatic heterocycles. The van der Waals surface area contributed by atoms with Crippen LogP contribution >= 0.6 is 0 Å². The van der Waals surface area contributed by atoms with E-state index in [1.165, 1.54) is 77.0 Å². The van der Waals surface area contributed by atoms with Gasteiger partial charge in [0.25, 0.3) is 0 Å². The van der Waals surface area contributed by atoms with Gasteiger partial charge in [-0.25, -0.2) is 0 Å². The van der Waals surface area contributed by atoms with Gasteiger partial charge in [0.05, 0.1) is 0 Å². The van der Waals surface area contributed by atoms with Crippen LogP contribution in [0.15, 0.2) is 0 Å². The maximum absolute atomic E-state index is 11.8. The van der Waals surface area contributed by atoms with Gasteiger partial charge in [-0.2, -0.15) is 0 Å². The summed E-state index contributed by atoms with van der Waals surface area (Å²) in [5, 5.41) is 19.3. The molecule has 0 bridgehead atoms. The van der Waals surface area contributed by atoms with E-state index in [4.69, 9.17) is 0 Å². The van der Waals surface area contributed by atoms with Crippen LogP contribution in [0.3, 0.4) is 0 Å². The number of rotatable bonds is 22. The van der Waals surface area contributed by atoms with Crippen molar-refractivity contribution < 1.29 is 22.7 Å². The van der Waals surface area contributed by atoms with E-state index in [0.717, 1.165) is 25.7 Å². The van der Waals surface area contributed by atoms with Gasteiger partial charge in [-0.3, -0.25) is 9.59 Å². The van der Waals surface area contributed by atoms with Gasteiger partial charge in [0, 0.05) is 0 Å². The molecule has 4 nitrogen and oxygen atoms in total. The molecule has 0 heterocycles. The minimum atomic E-state index is -1.58. The van der Waals surface area contributed by atoms with Crippen LogP contribution in [0, 0.1) is 5.41 Å². The SMILES string of the molecule is CCCCCCCCCCCCC(CCCCCCCCCC)(C(=O)O)C(=O)O.[H-].[H-].[Mg+2]. The summed E-state index contributed by atoms with van der Waals surface area (Å²) in [6.07, 6.45) is 21.1. The Morgan fingerprint density at radius 2 is 0.767 bits per heavy atom. The van der Waals surface area contributed by atoms with Gasteiger partial charge in [0.2, 0.25) is 0 Å². The number of hydrogen-bond acceptors (Lipinski definition) is 2. The quantitative estimate of drug-likeness (QED) is 0.102. The summed E-state index contributed by atoms with van der Waals surface area (Å²) in [6.45, 7) is 4.43. The van der Waals surface area contributed by atoms with Crippen LogP contribution in [0.5, 0.6) is 0 Å². The van der Waals surface area contributed by atoms with Crippen LogP contribution in [0.4, 0.5) is 0 Å². The molecule has 0 aromatic rings. The summed E-state index contributed by atoms with van der Waals surface area (Å²) in [5.41, 5.74) is -1.58. The Labute approximate surface area is 205 Å². The number of hydrogen-bond donors (Lipinski definition) is 2. The molecule has 5 heteroatoms. The van der Waals surface area contributed by atoms with E-state index in [1.54, 1.807) is 0 Å². The van der Waals surface area contributed by atoms with Crippen molar-refractivity contribution in [1.82, 2.24) is 0 Å². The molecule has 0 aliphatic carbocycles. The number of aliphatic carboxylic acids is 2. The van der Waals surface area contributed by atoms with E-state index >= 15 is 0 Å². The largest absolute Gasteiger partial charge is 2.00 e. The Hall–Kier alpha value is -0.294. The van der Waals surface area contributed by atoms with Crippen LogP contribution in [-0.2, 0) is 9.59 Å². The van der Waals surface area contributed by atoms with Crippen molar-refractivity contribution in [3.63, 3.8) is 0 Å². The number of carboxylic acid groups (broad SMARTS) is 2. The molecule has 176 valence electrons. The van der Waals surface area contributed by atoms with Crippen molar-refractivity contribution in [2.75, 3.05) is 0 Å². The summed E-state index contributed by atoms with van der Waals surface area (Å²) in [5.74, 6) is -2.30. The molecule has 0 fully saturated rings. The van der Waals surface area contributed by atoms with Crippen LogP contribution in [0.2, 0.25) is 0 Å². The first-order chi connectivity index (χ1) is 14.0. The fourth-order valence-electron chi connectivity index (χ4n) is 4.12. The number of carboxylic acids is 2. The molecule has 30 heavy (non-hydrogen) atoms. The predicted octanol–water partition coefficient (Wildman–Crippen LogP) is 7.83. The van der Waals surface area contributed by atoms with Gasteiger partial charge in [0.1, 0.15) is 0 Å². The summed E-state index contributed by atoms with van der Waals surface area (Å²) < 4.78 is 0. The molecule has 0 aromatic carbocycles. The maximum atomic E-state index is 11.8. The Morgan fingerprint density at radius 3 is 1.00 bits per heavy atom. The Balaban J connectivity index is -0.00000131. The Kier molecular flexibility index (Phi) is 23.3. The van der Waals surface area contributed by atoms with E-state index in [9.17, 15) is 19.8 Å². The fraction of sp³-hybridized carbons (Fsp3) is 0.920. The summed E-state index contributed by atoms with van der Waals surface area (Å²) in [6, 6.07) is 0. The van der Waals surface area contributed by atoms with Gasteiger partial charge >= 0.3 is 35.0 Å². The third kappa shape index (κ3) is 15.5. The molecule has 0 saturated carbocycles. The first-order valence-corrected chi connectivity index (χ1v) is 12.5. The van der Waals surface area contributed by atoms with Gasteiger partial charge in [0.15, 0.2) is 5.41 Å². The average Bonchev–Trinajstić information content (AvgIpc) is 2.69. The van der Waals surface area contributed by atoms with Crippen molar-refractivity contribution in [2.45, 2.75) is 142 Å². The molecule has 0 aliphatic rings. The van der Waals surface area contributed by atoms with Crippen LogP contribution in [0.25, 0.3) is 0 Å². The minimum absolute atomic E-state index is 0. The first-order valence-electron chi connectivity index (χ1n) is 12.5. The standard InChI is InChI=1S/C25H48O4.Mg.2H/c1-3-5-7-9-11-13-14-16-18-20-22-25(23(26)27,24(28)29)21-19-17-15-12-10-8-6-4-2;;;/h3-22H2,1-2H3,(H,26,27)(H,28,29);;;/q;+2;2*-1. The van der Waals surface area contributed by atoms with E-state index in [0.29, 0.717) is 12.8 Å². The summed E-state index contributed by atoms with van der Waals surface area (Å²) in [7, 11) is 0. The molecule has 0 saturated heterocycles. The van der Waals surface area contributed by atoms with E-state index < -0.39 is 17.4 Å². The number of unbranched alkanes of at least 4 members (excludes halogenated alkanes) is 16. The van der Waals surface area contributed by atoms with Crippen LogP contribution in [0.1, 0.15) is 145 Å². The zero-order valence-corrected chi connectivity index (χ0v) is 21.5. The zero-order valence-electron chi connectivity index (χ0n) is 22.1. The molecule has 0 spiro atoms. The molecule has 2 N–H and O–H groups in total. The van der Waals surface area contributed by atoms with Gasteiger partial charge in [-0.15, -0.1) is 0 Å². The van der Waals surface area contributed by atoms with Crippen LogP contribution < -0.4 is 0 Å². The Morgan fingerprint density at radius 1 is 0.533 bits per heavy atom. The van der Waals surface area contributed by atoms with Gasteiger partial charge < -0.3 is 13.1 Å². The van der Waals surface area contributed by atoms with Gasteiger partial charge in [-0.1, -0.05) is 129 Å². The summed E-state index contributed by atoms with van der Waals surface area (Å²) in [4.78, 5) is 23.6. The van der Waals surface area contributed by atoms with E-state index in [2.05, 4.69) is 13.8 Å². The average molecular weight is 439 g/mol. The second-order valence-electron chi connectivity index (χ2n) is 8.85. The maximum Gasteiger partial charge on any atom is 2.00 e. The topological polar surface area (TPSA) is 74.6 Å². The molecule has 0 radical (unpaired) electrons. The van der Waals surface area contributed by atoms with E-state index in [1.807, 2.05) is 0 Å². The smallest absolute Gasteiger partial charge is 1.00 e.